The first-order valence-electron chi connectivity index (χ1n) is 6.45. The number of hydrogen-bond acceptors (Lipinski definition) is 2. The number of hydrogen-bond donors (Lipinski definition) is 1. The molecular formula is C16H16ClNO. The zero-order valence-electron chi connectivity index (χ0n) is 10.8. The third-order valence-corrected chi connectivity index (χ3v) is 3.91. The molecule has 2 nitrogen and oxygen atoms in total. The molecule has 0 fully saturated rings. The van der Waals surface area contributed by atoms with E-state index >= 15 is 0 Å². The molecule has 98 valence electrons. The van der Waals surface area contributed by atoms with Gasteiger partial charge in [0.05, 0.1) is 5.02 Å². The highest BCUT2D eigenvalue weighted by molar-refractivity contribution is 6.33. The van der Waals surface area contributed by atoms with Gasteiger partial charge >= 0.3 is 0 Å². The monoisotopic (exact) mass is 273 g/mol. The van der Waals surface area contributed by atoms with Crippen LogP contribution in [0.2, 0.25) is 5.02 Å². The zero-order valence-corrected chi connectivity index (χ0v) is 11.6. The van der Waals surface area contributed by atoms with Crippen molar-refractivity contribution in [3.05, 3.63) is 52.5 Å². The van der Waals surface area contributed by atoms with Crippen LogP contribution in [0, 0.1) is 6.92 Å². The molecule has 2 aromatic carbocycles. The van der Waals surface area contributed by atoms with Crippen molar-refractivity contribution < 1.29 is 4.74 Å². The van der Waals surface area contributed by atoms with Gasteiger partial charge in [0.15, 0.2) is 0 Å². The Morgan fingerprint density at radius 2 is 2.05 bits per heavy atom. The second kappa shape index (κ2) is 4.87. The fourth-order valence-corrected chi connectivity index (χ4v) is 2.84. The summed E-state index contributed by atoms with van der Waals surface area (Å²) in [4.78, 5) is 0. The average Bonchev–Trinajstić information content (AvgIpc) is 2.83. The van der Waals surface area contributed by atoms with Crippen LogP contribution in [0.25, 0.3) is 11.1 Å². The summed E-state index contributed by atoms with van der Waals surface area (Å²) in [6, 6.07) is 12.2. The van der Waals surface area contributed by atoms with Crippen molar-refractivity contribution in [1.29, 1.82) is 0 Å². The Hall–Kier alpha value is -1.51. The smallest absolute Gasteiger partial charge is 0.132 e. The zero-order chi connectivity index (χ0) is 13.4. The molecule has 3 heteroatoms. The highest BCUT2D eigenvalue weighted by atomic mass is 35.5. The first-order valence-corrected chi connectivity index (χ1v) is 6.82. The lowest BCUT2D eigenvalue weighted by Gasteiger charge is -2.14. The summed E-state index contributed by atoms with van der Waals surface area (Å²) in [7, 11) is 0. The summed E-state index contributed by atoms with van der Waals surface area (Å²) in [5.41, 5.74) is 10.2. The fourth-order valence-electron chi connectivity index (χ4n) is 2.59. The van der Waals surface area contributed by atoms with Crippen LogP contribution in [0.5, 0.6) is 5.75 Å². The van der Waals surface area contributed by atoms with Crippen molar-refractivity contribution in [2.24, 2.45) is 5.73 Å². The van der Waals surface area contributed by atoms with Gasteiger partial charge in [0.25, 0.3) is 0 Å². The van der Waals surface area contributed by atoms with Gasteiger partial charge in [0.1, 0.15) is 11.9 Å². The Labute approximate surface area is 118 Å². The summed E-state index contributed by atoms with van der Waals surface area (Å²) in [6.45, 7) is 2.61. The van der Waals surface area contributed by atoms with Crippen molar-refractivity contribution in [2.45, 2.75) is 19.4 Å². The molecule has 0 amide bonds. The van der Waals surface area contributed by atoms with Gasteiger partial charge in [-0.05, 0) is 29.7 Å². The number of fused-ring (bicyclic) bond motifs is 1. The molecule has 0 saturated heterocycles. The van der Waals surface area contributed by atoms with E-state index in [0.29, 0.717) is 6.54 Å². The van der Waals surface area contributed by atoms with Gasteiger partial charge in [-0.25, -0.2) is 0 Å². The van der Waals surface area contributed by atoms with Crippen LogP contribution in [0.4, 0.5) is 0 Å². The maximum Gasteiger partial charge on any atom is 0.132 e. The molecule has 1 aliphatic heterocycles. The Morgan fingerprint density at radius 1 is 1.26 bits per heavy atom. The maximum atomic E-state index is 6.39. The van der Waals surface area contributed by atoms with Gasteiger partial charge in [-0.2, -0.15) is 0 Å². The molecule has 2 N–H and O–H groups in total. The van der Waals surface area contributed by atoms with E-state index in [0.717, 1.165) is 28.3 Å². The summed E-state index contributed by atoms with van der Waals surface area (Å²) in [6.07, 6.45) is 0.929. The van der Waals surface area contributed by atoms with E-state index in [2.05, 4.69) is 19.1 Å². The van der Waals surface area contributed by atoms with Gasteiger partial charge in [-0.15, -0.1) is 0 Å². The SMILES string of the molecule is Cc1ccccc1-c1c(Cl)ccc2c1O[C@@H](CN)C2. The third kappa shape index (κ3) is 2.11. The third-order valence-electron chi connectivity index (χ3n) is 3.60. The molecular weight excluding hydrogens is 258 g/mol. The summed E-state index contributed by atoms with van der Waals surface area (Å²) >= 11 is 6.39. The molecule has 1 aliphatic rings. The molecule has 0 radical (unpaired) electrons. The Morgan fingerprint density at radius 3 is 2.79 bits per heavy atom. The van der Waals surface area contributed by atoms with E-state index in [1.807, 2.05) is 24.3 Å². The second-order valence-corrected chi connectivity index (χ2v) is 5.31. The molecule has 1 heterocycles. The molecule has 3 rings (SSSR count). The number of aryl methyl sites for hydroxylation is 1. The van der Waals surface area contributed by atoms with Crippen LogP contribution in [0.1, 0.15) is 11.1 Å². The highest BCUT2D eigenvalue weighted by Gasteiger charge is 2.26. The van der Waals surface area contributed by atoms with Crippen LogP contribution in [-0.4, -0.2) is 12.6 Å². The normalized spacial score (nSPS) is 17.1. The van der Waals surface area contributed by atoms with Crippen LogP contribution in [0.15, 0.2) is 36.4 Å². The fraction of sp³-hybridized carbons (Fsp3) is 0.250. The molecule has 0 saturated carbocycles. The van der Waals surface area contributed by atoms with Crippen molar-refractivity contribution in [1.82, 2.24) is 0 Å². The van der Waals surface area contributed by atoms with Crippen molar-refractivity contribution in [3.63, 3.8) is 0 Å². The van der Waals surface area contributed by atoms with Crippen LogP contribution >= 0.6 is 11.6 Å². The molecule has 1 atom stereocenters. The first-order chi connectivity index (χ1) is 9.20. The Bertz CT molecular complexity index is 624. The highest BCUT2D eigenvalue weighted by Crippen LogP contribution is 2.44. The van der Waals surface area contributed by atoms with Crippen LogP contribution in [-0.2, 0) is 6.42 Å². The second-order valence-electron chi connectivity index (χ2n) is 4.91. The van der Waals surface area contributed by atoms with E-state index in [1.54, 1.807) is 0 Å². The Kier molecular flexibility index (Phi) is 3.21. The van der Waals surface area contributed by atoms with E-state index in [1.165, 1.54) is 11.1 Å². The maximum absolute atomic E-state index is 6.39. The van der Waals surface area contributed by atoms with Gasteiger partial charge in [0, 0.05) is 18.5 Å². The minimum absolute atomic E-state index is 0.0660. The van der Waals surface area contributed by atoms with Gasteiger partial charge in [-0.1, -0.05) is 41.9 Å². The van der Waals surface area contributed by atoms with Crippen LogP contribution in [0.3, 0.4) is 0 Å². The van der Waals surface area contributed by atoms with Gasteiger partial charge in [-0.3, -0.25) is 0 Å². The quantitative estimate of drug-likeness (QED) is 0.908. The number of halogens is 1. The predicted molar refractivity (Wildman–Crippen MR) is 78.8 cm³/mol. The lowest BCUT2D eigenvalue weighted by molar-refractivity contribution is 0.242. The standard InChI is InChI=1S/C16H16ClNO/c1-10-4-2-3-5-13(10)15-14(17)7-6-11-8-12(9-18)19-16(11)15/h2-7,12H,8-9,18H2,1H3/t12-/m1/s1. The number of nitrogens with two attached hydrogens (primary N) is 1. The summed E-state index contributed by atoms with van der Waals surface area (Å²) < 4.78 is 5.97. The molecule has 0 aliphatic carbocycles. The molecule has 19 heavy (non-hydrogen) atoms. The summed E-state index contributed by atoms with van der Waals surface area (Å²) in [5.74, 6) is 0.900. The van der Waals surface area contributed by atoms with E-state index in [-0.39, 0.29) is 6.10 Å². The van der Waals surface area contributed by atoms with Crippen molar-refractivity contribution in [2.75, 3.05) is 6.54 Å². The largest absolute Gasteiger partial charge is 0.488 e. The molecule has 0 aromatic heterocycles. The van der Waals surface area contributed by atoms with Crippen molar-refractivity contribution >= 4 is 11.6 Å². The predicted octanol–water partition coefficient (Wildman–Crippen LogP) is 3.58. The minimum Gasteiger partial charge on any atom is -0.488 e. The van der Waals surface area contributed by atoms with E-state index < -0.39 is 0 Å². The molecule has 0 spiro atoms. The van der Waals surface area contributed by atoms with Crippen LogP contribution < -0.4 is 10.5 Å². The van der Waals surface area contributed by atoms with Crippen molar-refractivity contribution in [3.8, 4) is 16.9 Å². The minimum atomic E-state index is 0.0660. The molecule has 2 aromatic rings. The van der Waals surface area contributed by atoms with Gasteiger partial charge in [0.2, 0.25) is 0 Å². The molecule has 0 bridgehead atoms. The summed E-state index contributed by atoms with van der Waals surface area (Å²) in [5, 5.41) is 0.728. The topological polar surface area (TPSA) is 35.2 Å². The Balaban J connectivity index is 2.18. The number of ether oxygens (including phenoxy) is 1. The first kappa shape index (κ1) is 12.5. The van der Waals surface area contributed by atoms with E-state index in [4.69, 9.17) is 22.1 Å². The van der Waals surface area contributed by atoms with E-state index in [9.17, 15) is 0 Å². The average molecular weight is 274 g/mol. The molecule has 0 unspecified atom stereocenters. The number of benzene rings is 2. The van der Waals surface area contributed by atoms with Gasteiger partial charge < -0.3 is 10.5 Å². The lowest BCUT2D eigenvalue weighted by atomic mass is 9.97. The number of rotatable bonds is 2. The lowest BCUT2D eigenvalue weighted by Crippen LogP contribution is -2.24.